The third-order valence-electron chi connectivity index (χ3n) is 4.42. The molecule has 2 N–H and O–H groups in total. The van der Waals surface area contributed by atoms with Gasteiger partial charge in [0.05, 0.1) is 35.5 Å². The van der Waals surface area contributed by atoms with Crippen molar-refractivity contribution in [3.8, 4) is 0 Å². The van der Waals surface area contributed by atoms with Crippen LogP contribution in [0.3, 0.4) is 0 Å². The first-order valence-electron chi connectivity index (χ1n) is 8.14. The van der Waals surface area contributed by atoms with Crippen LogP contribution in [0.5, 0.6) is 0 Å². The van der Waals surface area contributed by atoms with Crippen LogP contribution >= 0.6 is 11.6 Å². The summed E-state index contributed by atoms with van der Waals surface area (Å²) in [5, 5.41) is 10.0. The summed E-state index contributed by atoms with van der Waals surface area (Å²) in [5.74, 6) is -0.274. The van der Waals surface area contributed by atoms with Gasteiger partial charge in [-0.15, -0.1) is 0 Å². The molecule has 2 aliphatic heterocycles. The molecule has 1 aliphatic carbocycles. The van der Waals surface area contributed by atoms with Crippen LogP contribution < -0.4 is 10.6 Å². The Morgan fingerprint density at radius 1 is 1.44 bits per heavy atom. The Hall–Kier alpha value is -1.80. The second kappa shape index (κ2) is 5.88. The summed E-state index contributed by atoms with van der Waals surface area (Å²) in [6, 6.07) is 0. The molecule has 1 aromatic heterocycles. The van der Waals surface area contributed by atoms with Crippen molar-refractivity contribution in [3.05, 3.63) is 16.9 Å². The minimum Gasteiger partial charge on any atom is -0.444 e. The van der Waals surface area contributed by atoms with E-state index < -0.39 is 22.8 Å². The lowest BCUT2D eigenvalue weighted by Gasteiger charge is -2.44. The molecule has 2 amide bonds. The number of aromatic nitrogens is 2. The van der Waals surface area contributed by atoms with Crippen LogP contribution in [0.15, 0.2) is 6.20 Å². The highest BCUT2D eigenvalue weighted by atomic mass is 35.5. The van der Waals surface area contributed by atoms with Gasteiger partial charge in [-0.1, -0.05) is 11.6 Å². The number of rotatable bonds is 4. The molecule has 0 radical (unpaired) electrons. The molecule has 0 atom stereocenters. The molecular weight excluding hydrogens is 348 g/mol. The van der Waals surface area contributed by atoms with Gasteiger partial charge in [0.15, 0.2) is 0 Å². The smallest absolute Gasteiger partial charge is 0.407 e. The molecule has 0 spiro atoms. The summed E-state index contributed by atoms with van der Waals surface area (Å²) in [7, 11) is 1.67. The number of carbonyl (C=O) groups is 2. The normalized spacial score (nSPS) is 27.6. The average molecular weight is 371 g/mol. The molecule has 138 valence electrons. The lowest BCUT2D eigenvalue weighted by Crippen LogP contribution is -2.62. The van der Waals surface area contributed by atoms with E-state index in [1.54, 1.807) is 7.05 Å². The van der Waals surface area contributed by atoms with Crippen molar-refractivity contribution in [1.29, 1.82) is 0 Å². The van der Waals surface area contributed by atoms with Gasteiger partial charge in [-0.25, -0.2) is 4.79 Å². The van der Waals surface area contributed by atoms with Crippen LogP contribution in [0.4, 0.5) is 4.79 Å². The van der Waals surface area contributed by atoms with E-state index in [1.165, 1.54) is 10.9 Å². The van der Waals surface area contributed by atoms with Gasteiger partial charge >= 0.3 is 6.09 Å². The fourth-order valence-electron chi connectivity index (χ4n) is 3.49. The number of carbonyl (C=O) groups excluding carboxylic acids is 2. The second-order valence-electron chi connectivity index (χ2n) is 7.88. The van der Waals surface area contributed by atoms with E-state index in [0.29, 0.717) is 36.7 Å². The van der Waals surface area contributed by atoms with Crippen molar-refractivity contribution in [1.82, 2.24) is 20.4 Å². The Morgan fingerprint density at radius 3 is 2.68 bits per heavy atom. The summed E-state index contributed by atoms with van der Waals surface area (Å²) in [4.78, 5) is 24.2. The standard InChI is InChI=1S/C16H23ClN4O4/c1-14(2,3)25-13(23)18-8-16-6-15(7-16,9-24-16)20-12(22)11-10(17)5-19-21(11)4/h5H,6-9H2,1-4H3,(H,18,23)(H,20,22). The van der Waals surface area contributed by atoms with Crippen LogP contribution in [0.1, 0.15) is 44.1 Å². The summed E-state index contributed by atoms with van der Waals surface area (Å²) in [5.41, 5.74) is -1.08. The summed E-state index contributed by atoms with van der Waals surface area (Å²) < 4.78 is 12.5. The maximum atomic E-state index is 12.5. The lowest BCUT2D eigenvalue weighted by molar-refractivity contribution is -0.00922. The number of fused-ring (bicyclic) bond motifs is 1. The van der Waals surface area contributed by atoms with Gasteiger partial charge in [0.1, 0.15) is 11.3 Å². The monoisotopic (exact) mass is 370 g/mol. The number of ether oxygens (including phenoxy) is 2. The fourth-order valence-corrected chi connectivity index (χ4v) is 3.74. The maximum Gasteiger partial charge on any atom is 0.407 e. The molecule has 3 fully saturated rings. The van der Waals surface area contributed by atoms with E-state index in [1.807, 2.05) is 20.8 Å². The van der Waals surface area contributed by atoms with Gasteiger partial charge < -0.3 is 20.1 Å². The highest BCUT2D eigenvalue weighted by molar-refractivity contribution is 6.33. The van der Waals surface area contributed by atoms with Crippen molar-refractivity contribution < 1.29 is 19.1 Å². The number of aryl methyl sites for hydroxylation is 1. The molecule has 2 saturated heterocycles. The number of hydrogen-bond acceptors (Lipinski definition) is 5. The number of alkyl carbamates (subject to hydrolysis) is 1. The van der Waals surface area contributed by atoms with Gasteiger partial charge in [-0.3, -0.25) is 9.48 Å². The third kappa shape index (κ3) is 3.59. The van der Waals surface area contributed by atoms with Crippen molar-refractivity contribution >= 4 is 23.6 Å². The van der Waals surface area contributed by atoms with E-state index in [0.717, 1.165) is 0 Å². The summed E-state index contributed by atoms with van der Waals surface area (Å²) >= 11 is 6.01. The van der Waals surface area contributed by atoms with E-state index in [-0.39, 0.29) is 5.91 Å². The van der Waals surface area contributed by atoms with E-state index in [2.05, 4.69) is 15.7 Å². The third-order valence-corrected chi connectivity index (χ3v) is 4.69. The molecular formula is C16H23ClN4O4. The fraction of sp³-hybridized carbons (Fsp3) is 0.688. The molecule has 8 nitrogen and oxygen atoms in total. The first-order valence-corrected chi connectivity index (χ1v) is 8.52. The second-order valence-corrected chi connectivity index (χ2v) is 8.29. The molecule has 0 aromatic carbocycles. The quantitative estimate of drug-likeness (QED) is 0.840. The molecule has 3 heterocycles. The number of nitrogens with one attached hydrogen (secondary N) is 2. The zero-order valence-corrected chi connectivity index (χ0v) is 15.6. The molecule has 0 unspecified atom stereocenters. The Kier molecular flexibility index (Phi) is 4.23. The first-order chi connectivity index (χ1) is 11.5. The average Bonchev–Trinajstić information content (AvgIpc) is 3.06. The van der Waals surface area contributed by atoms with Crippen LogP contribution in [0, 0.1) is 0 Å². The number of halogens is 1. The predicted octanol–water partition coefficient (Wildman–Crippen LogP) is 1.63. The number of amides is 2. The zero-order valence-electron chi connectivity index (χ0n) is 14.8. The number of nitrogens with zero attached hydrogens (tertiary/aromatic N) is 2. The molecule has 9 heteroatoms. The van der Waals surface area contributed by atoms with Gasteiger partial charge in [0.25, 0.3) is 5.91 Å². The largest absolute Gasteiger partial charge is 0.444 e. The van der Waals surface area contributed by atoms with Crippen molar-refractivity contribution in [2.24, 2.45) is 7.05 Å². The maximum absolute atomic E-state index is 12.5. The van der Waals surface area contributed by atoms with Crippen LogP contribution in [-0.2, 0) is 16.5 Å². The van der Waals surface area contributed by atoms with Crippen LogP contribution in [-0.4, -0.2) is 51.7 Å². The van der Waals surface area contributed by atoms with E-state index >= 15 is 0 Å². The molecule has 4 rings (SSSR count). The number of hydrogen-bond donors (Lipinski definition) is 2. The topological polar surface area (TPSA) is 94.5 Å². The van der Waals surface area contributed by atoms with E-state index in [9.17, 15) is 9.59 Å². The minimum atomic E-state index is -0.544. The Balaban J connectivity index is 1.53. The Labute approximate surface area is 151 Å². The molecule has 1 aromatic rings. The highest BCUT2D eigenvalue weighted by Crippen LogP contribution is 2.51. The molecule has 25 heavy (non-hydrogen) atoms. The zero-order chi connectivity index (χ0) is 18.5. The Morgan fingerprint density at radius 2 is 2.12 bits per heavy atom. The summed E-state index contributed by atoms with van der Waals surface area (Å²) in [6.45, 7) is 6.19. The first kappa shape index (κ1) is 18.0. The predicted molar refractivity (Wildman–Crippen MR) is 90.6 cm³/mol. The summed E-state index contributed by atoms with van der Waals surface area (Å²) in [6.07, 6.45) is 2.24. The van der Waals surface area contributed by atoms with E-state index in [4.69, 9.17) is 21.1 Å². The van der Waals surface area contributed by atoms with Gasteiger partial charge in [-0.05, 0) is 20.8 Å². The van der Waals surface area contributed by atoms with Crippen molar-refractivity contribution in [2.45, 2.75) is 50.4 Å². The van der Waals surface area contributed by atoms with Gasteiger partial charge in [0, 0.05) is 19.9 Å². The molecule has 3 aliphatic rings. The van der Waals surface area contributed by atoms with Gasteiger partial charge in [0.2, 0.25) is 0 Å². The van der Waals surface area contributed by atoms with Crippen molar-refractivity contribution in [3.63, 3.8) is 0 Å². The van der Waals surface area contributed by atoms with Crippen molar-refractivity contribution in [2.75, 3.05) is 13.2 Å². The van der Waals surface area contributed by atoms with Crippen LogP contribution in [0.2, 0.25) is 5.02 Å². The SMILES string of the molecule is Cn1ncc(Cl)c1C(=O)NC12COC(CNC(=O)OC(C)(C)C)(C1)C2. The highest BCUT2D eigenvalue weighted by Gasteiger charge is 2.63. The van der Waals surface area contributed by atoms with Gasteiger partial charge in [-0.2, -0.15) is 5.10 Å². The molecule has 1 saturated carbocycles. The lowest BCUT2D eigenvalue weighted by atomic mass is 9.68. The minimum absolute atomic E-state index is 0.274. The molecule has 2 bridgehead atoms. The Bertz CT molecular complexity index is 684. The van der Waals surface area contributed by atoms with Crippen LogP contribution in [0.25, 0.3) is 0 Å².